The lowest BCUT2D eigenvalue weighted by molar-refractivity contribution is -0.153. The molecule has 8 nitrogen and oxygen atoms in total. The van der Waals surface area contributed by atoms with Crippen molar-refractivity contribution in [3.63, 3.8) is 0 Å². The van der Waals surface area contributed by atoms with Gasteiger partial charge in [0.2, 0.25) is 5.43 Å². The molecule has 0 bridgehead atoms. The smallest absolute Gasteiger partial charge is 0.328 e. The van der Waals surface area contributed by atoms with Gasteiger partial charge < -0.3 is 18.8 Å². The first-order valence-corrected chi connectivity index (χ1v) is 11.8. The van der Waals surface area contributed by atoms with Gasteiger partial charge in [-0.2, -0.15) is 0 Å². The molecule has 4 rings (SSSR count). The fraction of sp³-hybridized carbons (Fsp3) is 0.417. The molecule has 1 aromatic carbocycles. The van der Waals surface area contributed by atoms with Crippen LogP contribution in [0.15, 0.2) is 33.0 Å². The van der Waals surface area contributed by atoms with Gasteiger partial charge in [0.15, 0.2) is 6.10 Å². The topological polar surface area (TPSA) is 98.9 Å². The van der Waals surface area contributed by atoms with E-state index in [2.05, 4.69) is 4.98 Å². The lowest BCUT2D eigenvalue weighted by atomic mass is 10.1. The number of rotatable bonds is 6. The van der Waals surface area contributed by atoms with Crippen molar-refractivity contribution in [2.45, 2.75) is 52.2 Å². The van der Waals surface area contributed by atoms with Crippen molar-refractivity contribution in [1.29, 1.82) is 0 Å². The number of amides is 1. The van der Waals surface area contributed by atoms with E-state index in [1.807, 2.05) is 19.2 Å². The average molecular weight is 471 g/mol. The van der Waals surface area contributed by atoms with Crippen LogP contribution in [0.3, 0.4) is 0 Å². The molecular weight excluding hydrogens is 444 g/mol. The molecule has 0 aliphatic carbocycles. The Bertz CT molecular complexity index is 1260. The maximum Gasteiger partial charge on any atom is 0.328 e. The van der Waals surface area contributed by atoms with E-state index >= 15 is 0 Å². The van der Waals surface area contributed by atoms with Crippen molar-refractivity contribution in [2.75, 3.05) is 13.7 Å². The average Bonchev–Trinajstić information content (AvgIpc) is 3.47. The lowest BCUT2D eigenvalue weighted by Crippen LogP contribution is -2.46. The highest BCUT2D eigenvalue weighted by atomic mass is 32.1. The zero-order valence-corrected chi connectivity index (χ0v) is 19.9. The van der Waals surface area contributed by atoms with E-state index in [9.17, 15) is 14.4 Å². The highest BCUT2D eigenvalue weighted by Crippen LogP contribution is 2.30. The van der Waals surface area contributed by atoms with E-state index in [0.717, 1.165) is 17.7 Å². The number of esters is 1. The Morgan fingerprint density at radius 1 is 1.36 bits per heavy atom. The predicted octanol–water partition coefficient (Wildman–Crippen LogP) is 3.72. The van der Waals surface area contributed by atoms with Crippen LogP contribution in [0.5, 0.6) is 5.75 Å². The molecule has 3 aromatic rings. The molecule has 1 fully saturated rings. The Morgan fingerprint density at radius 3 is 2.82 bits per heavy atom. The number of hydrogen-bond donors (Lipinski definition) is 0. The second-order valence-electron chi connectivity index (χ2n) is 8.06. The van der Waals surface area contributed by atoms with Gasteiger partial charge in [0, 0.05) is 23.7 Å². The van der Waals surface area contributed by atoms with Crippen LogP contribution in [0, 0.1) is 6.92 Å². The van der Waals surface area contributed by atoms with E-state index in [4.69, 9.17) is 13.9 Å². The van der Waals surface area contributed by atoms with Crippen LogP contribution in [0.1, 0.15) is 37.9 Å². The number of methoxy groups -OCH3 is 1. The number of carbonyl (C=O) groups is 2. The molecular formula is C24H26N2O6S. The third-order valence-corrected chi connectivity index (χ3v) is 6.84. The Hall–Kier alpha value is -3.20. The number of likely N-dealkylation sites (tertiary alicyclic amines) is 1. The maximum absolute atomic E-state index is 13.1. The number of thiazole rings is 1. The van der Waals surface area contributed by atoms with Gasteiger partial charge in [-0.3, -0.25) is 9.59 Å². The largest absolute Gasteiger partial charge is 0.480 e. The minimum atomic E-state index is -0.817. The van der Waals surface area contributed by atoms with E-state index < -0.39 is 18.1 Å². The standard InChI is InChI=1S/C24H26N2O6S/c1-5-15-9-16-20(31-11-17(21(16)27)22-25-13(2)12-33-22)10-19(15)32-14(3)23(28)26-8-6-7-18(26)24(29)30-4/h9-12,14,18H,5-8H2,1-4H3. The number of carbonyl (C=O) groups excluding carboxylic acids is 2. The highest BCUT2D eigenvalue weighted by Gasteiger charge is 2.37. The molecule has 2 atom stereocenters. The minimum absolute atomic E-state index is 0.158. The molecule has 1 amide bonds. The summed E-state index contributed by atoms with van der Waals surface area (Å²) < 4.78 is 16.6. The van der Waals surface area contributed by atoms with Gasteiger partial charge in [-0.15, -0.1) is 11.3 Å². The summed E-state index contributed by atoms with van der Waals surface area (Å²) in [4.78, 5) is 44.1. The van der Waals surface area contributed by atoms with E-state index in [1.165, 1.54) is 29.6 Å². The molecule has 1 aliphatic heterocycles. The van der Waals surface area contributed by atoms with Gasteiger partial charge >= 0.3 is 5.97 Å². The third-order valence-electron chi connectivity index (χ3n) is 5.85. The van der Waals surface area contributed by atoms with Crippen LogP contribution in [-0.2, 0) is 20.7 Å². The van der Waals surface area contributed by atoms with E-state index in [-0.39, 0.29) is 11.3 Å². The van der Waals surface area contributed by atoms with Crippen LogP contribution < -0.4 is 10.2 Å². The Morgan fingerprint density at radius 2 is 2.15 bits per heavy atom. The summed E-state index contributed by atoms with van der Waals surface area (Å²) >= 11 is 1.39. The summed E-state index contributed by atoms with van der Waals surface area (Å²) in [6.45, 7) is 5.96. The predicted molar refractivity (Wildman–Crippen MR) is 125 cm³/mol. The molecule has 0 radical (unpaired) electrons. The Labute approximate surface area is 195 Å². The summed E-state index contributed by atoms with van der Waals surface area (Å²) in [5.41, 5.74) is 2.26. The molecule has 174 valence electrons. The van der Waals surface area contributed by atoms with Crippen molar-refractivity contribution in [2.24, 2.45) is 0 Å². The Balaban J connectivity index is 1.63. The van der Waals surface area contributed by atoms with E-state index in [0.29, 0.717) is 46.7 Å². The number of ether oxygens (including phenoxy) is 2. The van der Waals surface area contributed by atoms with Crippen molar-refractivity contribution in [1.82, 2.24) is 9.88 Å². The zero-order valence-electron chi connectivity index (χ0n) is 19.0. The van der Waals surface area contributed by atoms with Crippen molar-refractivity contribution in [3.05, 3.63) is 45.3 Å². The molecule has 33 heavy (non-hydrogen) atoms. The molecule has 0 saturated carbocycles. The highest BCUT2D eigenvalue weighted by molar-refractivity contribution is 7.13. The van der Waals surface area contributed by atoms with Crippen LogP contribution >= 0.6 is 11.3 Å². The number of hydrogen-bond acceptors (Lipinski definition) is 8. The second-order valence-corrected chi connectivity index (χ2v) is 8.91. The van der Waals surface area contributed by atoms with Gasteiger partial charge in [-0.1, -0.05) is 6.92 Å². The van der Waals surface area contributed by atoms with Crippen LogP contribution in [-0.4, -0.2) is 47.6 Å². The number of nitrogens with zero attached hydrogens (tertiary/aromatic N) is 2. The quantitative estimate of drug-likeness (QED) is 0.506. The number of benzene rings is 1. The first-order chi connectivity index (χ1) is 15.8. The molecule has 0 spiro atoms. The van der Waals surface area contributed by atoms with Gasteiger partial charge in [0.05, 0.1) is 18.1 Å². The maximum atomic E-state index is 13.1. The number of fused-ring (bicyclic) bond motifs is 1. The molecule has 1 saturated heterocycles. The van der Waals surface area contributed by atoms with Crippen LogP contribution in [0.25, 0.3) is 21.5 Å². The summed E-state index contributed by atoms with van der Waals surface area (Å²) in [5, 5.41) is 2.94. The van der Waals surface area contributed by atoms with Crippen molar-refractivity contribution < 1.29 is 23.5 Å². The first-order valence-electron chi connectivity index (χ1n) is 10.9. The summed E-state index contributed by atoms with van der Waals surface area (Å²) in [6.07, 6.45) is 2.51. The number of aryl methyl sites for hydroxylation is 2. The van der Waals surface area contributed by atoms with Crippen LogP contribution in [0.2, 0.25) is 0 Å². The second kappa shape index (κ2) is 9.35. The van der Waals surface area contributed by atoms with Crippen molar-refractivity contribution in [3.8, 4) is 16.3 Å². The lowest BCUT2D eigenvalue weighted by Gasteiger charge is -2.26. The molecule has 0 N–H and O–H groups in total. The fourth-order valence-corrected chi connectivity index (χ4v) is 4.90. The number of aromatic nitrogens is 1. The summed E-state index contributed by atoms with van der Waals surface area (Å²) in [7, 11) is 1.32. The fourth-order valence-electron chi connectivity index (χ4n) is 4.10. The van der Waals surface area contributed by atoms with Gasteiger partial charge in [0.25, 0.3) is 5.91 Å². The van der Waals surface area contributed by atoms with Gasteiger partial charge in [-0.25, -0.2) is 9.78 Å². The monoisotopic (exact) mass is 470 g/mol. The zero-order chi connectivity index (χ0) is 23.7. The molecule has 9 heteroatoms. The molecule has 1 aliphatic rings. The van der Waals surface area contributed by atoms with Gasteiger partial charge in [0.1, 0.15) is 28.6 Å². The first kappa shape index (κ1) is 23.0. The molecule has 2 unspecified atom stereocenters. The minimum Gasteiger partial charge on any atom is -0.480 e. The third kappa shape index (κ3) is 4.37. The van der Waals surface area contributed by atoms with Gasteiger partial charge in [-0.05, 0) is 44.7 Å². The molecule has 2 aromatic heterocycles. The van der Waals surface area contributed by atoms with Crippen LogP contribution in [0.4, 0.5) is 0 Å². The van der Waals surface area contributed by atoms with E-state index in [1.54, 1.807) is 19.1 Å². The normalized spacial score (nSPS) is 16.7. The SMILES string of the molecule is CCc1cc2c(=O)c(-c3nc(C)cs3)coc2cc1OC(C)C(=O)N1CCCC1C(=O)OC. The Kier molecular flexibility index (Phi) is 6.51. The summed E-state index contributed by atoms with van der Waals surface area (Å²) in [5.74, 6) is -0.220. The van der Waals surface area contributed by atoms with Crippen molar-refractivity contribution >= 4 is 34.2 Å². The molecule has 3 heterocycles. The summed E-state index contributed by atoms with van der Waals surface area (Å²) in [6, 6.07) is 2.82.